The molecule has 2 aromatic rings. The molecule has 2 N–H and O–H groups in total. The number of anilines is 3. The molecule has 2 heterocycles. The first-order valence-electron chi connectivity index (χ1n) is 5.39. The van der Waals surface area contributed by atoms with Crippen LogP contribution in [-0.2, 0) is 6.42 Å². The van der Waals surface area contributed by atoms with Gasteiger partial charge in [0.2, 0.25) is 0 Å². The summed E-state index contributed by atoms with van der Waals surface area (Å²) in [7, 11) is 0. The lowest BCUT2D eigenvalue weighted by molar-refractivity contribution is 0.966. The molecule has 0 radical (unpaired) electrons. The Bertz CT molecular complexity index is 570. The second kappa shape index (κ2) is 3.89. The summed E-state index contributed by atoms with van der Waals surface area (Å²) in [6.45, 7) is 0.871. The van der Waals surface area contributed by atoms with E-state index in [0.29, 0.717) is 16.7 Å². The zero-order valence-electron chi connectivity index (χ0n) is 9.10. The molecule has 0 fully saturated rings. The number of aromatic nitrogens is 2. The fourth-order valence-corrected chi connectivity index (χ4v) is 2.32. The maximum Gasteiger partial charge on any atom is 0.157 e. The number of nitrogen functional groups attached to an aromatic ring is 1. The summed E-state index contributed by atoms with van der Waals surface area (Å²) < 4.78 is 0. The van der Waals surface area contributed by atoms with Gasteiger partial charge in [0.15, 0.2) is 5.82 Å². The van der Waals surface area contributed by atoms with E-state index in [4.69, 9.17) is 17.3 Å². The van der Waals surface area contributed by atoms with E-state index in [1.54, 1.807) is 0 Å². The first-order chi connectivity index (χ1) is 8.27. The van der Waals surface area contributed by atoms with E-state index < -0.39 is 0 Å². The third-order valence-corrected chi connectivity index (χ3v) is 3.30. The minimum Gasteiger partial charge on any atom is -0.382 e. The average Bonchev–Trinajstić information content (AvgIpc) is 2.77. The minimum atomic E-state index is 0.320. The Morgan fingerprint density at radius 2 is 2.06 bits per heavy atom. The molecule has 1 aliphatic heterocycles. The number of hydrogen-bond acceptors (Lipinski definition) is 4. The van der Waals surface area contributed by atoms with Crippen molar-refractivity contribution in [3.05, 3.63) is 41.2 Å². The smallest absolute Gasteiger partial charge is 0.157 e. The molecule has 0 amide bonds. The van der Waals surface area contributed by atoms with Gasteiger partial charge in [-0.3, -0.25) is 0 Å². The van der Waals surface area contributed by atoms with Crippen LogP contribution in [0.3, 0.4) is 0 Å². The number of hydrogen-bond donors (Lipinski definition) is 1. The van der Waals surface area contributed by atoms with Crippen LogP contribution < -0.4 is 10.6 Å². The van der Waals surface area contributed by atoms with Crippen molar-refractivity contribution in [2.75, 3.05) is 17.2 Å². The van der Waals surface area contributed by atoms with Gasteiger partial charge in [0, 0.05) is 12.2 Å². The number of benzene rings is 1. The van der Waals surface area contributed by atoms with Gasteiger partial charge in [0.25, 0.3) is 0 Å². The van der Waals surface area contributed by atoms with Crippen molar-refractivity contribution < 1.29 is 0 Å². The summed E-state index contributed by atoms with van der Waals surface area (Å²) in [5.74, 6) is 1.00. The Morgan fingerprint density at radius 1 is 1.24 bits per heavy atom. The molecule has 0 unspecified atom stereocenters. The SMILES string of the molecule is Nc1ncnc(N2CCc3ccccc32)c1Cl. The van der Waals surface area contributed by atoms with E-state index in [1.807, 2.05) is 12.1 Å². The Morgan fingerprint density at radius 3 is 2.94 bits per heavy atom. The maximum atomic E-state index is 6.15. The Balaban J connectivity index is 2.10. The van der Waals surface area contributed by atoms with Gasteiger partial charge in [-0.2, -0.15) is 0 Å². The van der Waals surface area contributed by atoms with Crippen LogP contribution in [0.15, 0.2) is 30.6 Å². The second-order valence-electron chi connectivity index (χ2n) is 3.93. The predicted octanol–water partition coefficient (Wildman–Crippen LogP) is 2.41. The molecular formula is C12H11ClN4. The molecular weight excluding hydrogens is 236 g/mol. The summed E-state index contributed by atoms with van der Waals surface area (Å²) in [6.07, 6.45) is 2.44. The normalized spacial score (nSPS) is 13.8. The highest BCUT2D eigenvalue weighted by molar-refractivity contribution is 6.35. The zero-order valence-corrected chi connectivity index (χ0v) is 9.85. The number of nitrogens with two attached hydrogens (primary N) is 1. The van der Waals surface area contributed by atoms with Crippen molar-refractivity contribution in [1.29, 1.82) is 0 Å². The van der Waals surface area contributed by atoms with Crippen molar-refractivity contribution in [2.24, 2.45) is 0 Å². The van der Waals surface area contributed by atoms with Gasteiger partial charge in [-0.1, -0.05) is 29.8 Å². The van der Waals surface area contributed by atoms with Crippen molar-refractivity contribution >= 4 is 28.9 Å². The van der Waals surface area contributed by atoms with Gasteiger partial charge in [-0.05, 0) is 18.1 Å². The quantitative estimate of drug-likeness (QED) is 0.840. The lowest BCUT2D eigenvalue weighted by Gasteiger charge is -2.19. The standard InChI is InChI=1S/C12H11ClN4/c13-10-11(14)15-7-16-12(10)17-6-5-8-3-1-2-4-9(8)17/h1-4,7H,5-6H2,(H2,14,15,16). The summed E-state index contributed by atoms with van der Waals surface area (Å²) >= 11 is 6.15. The largest absolute Gasteiger partial charge is 0.382 e. The van der Waals surface area contributed by atoms with E-state index in [2.05, 4.69) is 27.0 Å². The van der Waals surface area contributed by atoms with Crippen molar-refractivity contribution in [3.63, 3.8) is 0 Å². The minimum absolute atomic E-state index is 0.320. The van der Waals surface area contributed by atoms with Crippen molar-refractivity contribution in [2.45, 2.75) is 6.42 Å². The number of rotatable bonds is 1. The summed E-state index contributed by atoms with van der Waals surface area (Å²) in [5.41, 5.74) is 8.15. The molecule has 5 heteroatoms. The van der Waals surface area contributed by atoms with Gasteiger partial charge in [-0.15, -0.1) is 0 Å². The third kappa shape index (κ3) is 1.61. The fourth-order valence-electron chi connectivity index (χ4n) is 2.12. The van der Waals surface area contributed by atoms with E-state index in [0.717, 1.165) is 18.7 Å². The summed E-state index contributed by atoms with van der Waals surface area (Å²) in [4.78, 5) is 10.2. The average molecular weight is 247 g/mol. The summed E-state index contributed by atoms with van der Waals surface area (Å²) in [6, 6.07) is 8.23. The van der Waals surface area contributed by atoms with Crippen molar-refractivity contribution in [3.8, 4) is 0 Å². The molecule has 3 rings (SSSR count). The zero-order chi connectivity index (χ0) is 11.8. The Kier molecular flexibility index (Phi) is 2.37. The van der Waals surface area contributed by atoms with Crippen molar-refractivity contribution in [1.82, 2.24) is 9.97 Å². The first-order valence-corrected chi connectivity index (χ1v) is 5.76. The van der Waals surface area contributed by atoms with E-state index in [-0.39, 0.29) is 0 Å². The van der Waals surface area contributed by atoms with E-state index in [9.17, 15) is 0 Å². The first kappa shape index (κ1) is 10.4. The molecule has 1 aromatic carbocycles. The number of para-hydroxylation sites is 1. The van der Waals surface area contributed by atoms with Crippen LogP contribution in [0.1, 0.15) is 5.56 Å². The van der Waals surface area contributed by atoms with Gasteiger partial charge in [-0.25, -0.2) is 9.97 Å². The van der Waals surface area contributed by atoms with Crippen LogP contribution in [0.5, 0.6) is 0 Å². The van der Waals surface area contributed by atoms with E-state index in [1.165, 1.54) is 11.9 Å². The molecule has 4 nitrogen and oxygen atoms in total. The van der Waals surface area contributed by atoms with Gasteiger partial charge >= 0.3 is 0 Å². The maximum absolute atomic E-state index is 6.15. The molecule has 0 saturated carbocycles. The highest BCUT2D eigenvalue weighted by atomic mass is 35.5. The molecule has 0 spiro atoms. The van der Waals surface area contributed by atoms with Crippen LogP contribution in [0.25, 0.3) is 0 Å². The summed E-state index contributed by atoms with van der Waals surface area (Å²) in [5, 5.41) is 0.421. The highest BCUT2D eigenvalue weighted by Gasteiger charge is 2.23. The molecule has 0 saturated heterocycles. The predicted molar refractivity (Wildman–Crippen MR) is 68.6 cm³/mol. The molecule has 1 aromatic heterocycles. The molecule has 0 bridgehead atoms. The Hall–Kier alpha value is -1.81. The number of nitrogens with zero attached hydrogens (tertiary/aromatic N) is 3. The molecule has 86 valence electrons. The van der Waals surface area contributed by atoms with Crippen LogP contribution >= 0.6 is 11.6 Å². The van der Waals surface area contributed by atoms with Gasteiger partial charge in [0.1, 0.15) is 17.2 Å². The molecule has 1 aliphatic rings. The highest BCUT2D eigenvalue weighted by Crippen LogP contribution is 2.37. The van der Waals surface area contributed by atoms with Crippen LogP contribution in [-0.4, -0.2) is 16.5 Å². The number of fused-ring (bicyclic) bond motifs is 1. The Labute approximate surface area is 104 Å². The lowest BCUT2D eigenvalue weighted by atomic mass is 10.2. The second-order valence-corrected chi connectivity index (χ2v) is 4.30. The van der Waals surface area contributed by atoms with Crippen LogP contribution in [0.4, 0.5) is 17.3 Å². The molecule has 17 heavy (non-hydrogen) atoms. The van der Waals surface area contributed by atoms with Gasteiger partial charge < -0.3 is 10.6 Å². The number of halogens is 1. The third-order valence-electron chi connectivity index (χ3n) is 2.94. The van der Waals surface area contributed by atoms with E-state index >= 15 is 0 Å². The van der Waals surface area contributed by atoms with Crippen LogP contribution in [0, 0.1) is 0 Å². The van der Waals surface area contributed by atoms with Gasteiger partial charge in [0.05, 0.1) is 0 Å². The molecule has 0 atom stereocenters. The fraction of sp³-hybridized carbons (Fsp3) is 0.167. The monoisotopic (exact) mass is 246 g/mol. The topological polar surface area (TPSA) is 55.0 Å². The van der Waals surface area contributed by atoms with Crippen LogP contribution in [0.2, 0.25) is 5.02 Å². The molecule has 0 aliphatic carbocycles. The lowest BCUT2D eigenvalue weighted by Crippen LogP contribution is -2.16.